The number of ether oxygens (including phenoxy) is 2. The van der Waals surface area contributed by atoms with E-state index in [1.807, 2.05) is 82.3 Å². The van der Waals surface area contributed by atoms with Crippen LogP contribution in [0.15, 0.2) is 77.7 Å². The second-order valence-electron chi connectivity index (χ2n) is 10.1. The van der Waals surface area contributed by atoms with Crippen molar-refractivity contribution < 1.29 is 27.2 Å². The summed E-state index contributed by atoms with van der Waals surface area (Å²) < 4.78 is 52.3. The lowest BCUT2D eigenvalue weighted by molar-refractivity contribution is 0.00578. The van der Waals surface area contributed by atoms with Gasteiger partial charge in [-0.05, 0) is 80.7 Å². The molecule has 0 radical (unpaired) electrons. The summed E-state index contributed by atoms with van der Waals surface area (Å²) in [6, 6.07) is 21.6. The third-order valence-electron chi connectivity index (χ3n) is 7.06. The molecule has 0 aliphatic carbocycles. The van der Waals surface area contributed by atoms with E-state index >= 15 is 0 Å². The Morgan fingerprint density at radius 2 is 1.22 bits per heavy atom. The second kappa shape index (κ2) is 10.5. The molecule has 9 heteroatoms. The molecule has 0 amide bonds. The zero-order valence-corrected chi connectivity index (χ0v) is 23.0. The molecular weight excluding hydrogens is 489 g/mol. The molecule has 196 valence electrons. The average Bonchev–Trinajstić information content (AvgIpc) is 3.11. The molecule has 0 bridgehead atoms. The Morgan fingerprint density at radius 1 is 0.757 bits per heavy atom. The van der Waals surface area contributed by atoms with E-state index in [1.54, 1.807) is 32.4 Å². The summed E-state index contributed by atoms with van der Waals surface area (Å²) in [5.74, 6) is 1.42. The van der Waals surface area contributed by atoms with Crippen molar-refractivity contribution in [3.8, 4) is 11.5 Å². The molecule has 1 saturated heterocycles. The van der Waals surface area contributed by atoms with E-state index in [0.29, 0.717) is 17.0 Å². The van der Waals surface area contributed by atoms with Crippen molar-refractivity contribution in [3.63, 3.8) is 0 Å². The number of hydrogen-bond acceptors (Lipinski definition) is 6. The maximum Gasteiger partial charge on any atom is 0.494 e. The minimum absolute atomic E-state index is 0.182. The van der Waals surface area contributed by atoms with Gasteiger partial charge in [0.1, 0.15) is 11.5 Å². The quantitative estimate of drug-likeness (QED) is 0.388. The highest BCUT2D eigenvalue weighted by atomic mass is 32.2. The van der Waals surface area contributed by atoms with Crippen LogP contribution in [0.4, 0.5) is 0 Å². The van der Waals surface area contributed by atoms with Gasteiger partial charge in [-0.15, -0.1) is 0 Å². The second-order valence-corrected chi connectivity index (χ2v) is 12.1. The highest BCUT2D eigenvalue weighted by molar-refractivity contribution is 7.89. The van der Waals surface area contributed by atoms with Crippen LogP contribution in [0.1, 0.15) is 38.8 Å². The Morgan fingerprint density at radius 3 is 1.65 bits per heavy atom. The standard InChI is InChI=1S/C28H34BNO6S/c1-27(2)28(3,4)36-29(35-27)23-8-7-9-26(18-23)37(31,32)30(19-21-10-14-24(33-5)15-11-21)20-22-12-16-25(34-6)17-13-22/h7-18H,19-20H2,1-6H3. The van der Waals surface area contributed by atoms with Crippen molar-refractivity contribution in [3.05, 3.63) is 83.9 Å². The monoisotopic (exact) mass is 523 g/mol. The summed E-state index contributed by atoms with van der Waals surface area (Å²) in [6.07, 6.45) is 0. The number of sulfonamides is 1. The molecule has 7 nitrogen and oxygen atoms in total. The maximum absolute atomic E-state index is 14.0. The molecule has 1 heterocycles. The predicted molar refractivity (Wildman–Crippen MR) is 145 cm³/mol. The Labute approximate surface area is 220 Å². The molecule has 1 aliphatic heterocycles. The van der Waals surface area contributed by atoms with Crippen LogP contribution in [0, 0.1) is 0 Å². The molecule has 0 saturated carbocycles. The summed E-state index contributed by atoms with van der Waals surface area (Å²) >= 11 is 0. The topological polar surface area (TPSA) is 74.3 Å². The van der Waals surface area contributed by atoms with Crippen LogP contribution < -0.4 is 14.9 Å². The van der Waals surface area contributed by atoms with E-state index in [-0.39, 0.29) is 18.0 Å². The van der Waals surface area contributed by atoms with Gasteiger partial charge in [0.15, 0.2) is 0 Å². The lowest BCUT2D eigenvalue weighted by atomic mass is 9.79. The first-order chi connectivity index (χ1) is 17.4. The van der Waals surface area contributed by atoms with E-state index < -0.39 is 28.3 Å². The van der Waals surface area contributed by atoms with Gasteiger partial charge in [0.2, 0.25) is 10.0 Å². The summed E-state index contributed by atoms with van der Waals surface area (Å²) in [6.45, 7) is 8.27. The van der Waals surface area contributed by atoms with Crippen molar-refractivity contribution in [2.75, 3.05) is 14.2 Å². The number of hydrogen-bond donors (Lipinski definition) is 0. The van der Waals surface area contributed by atoms with Gasteiger partial charge in [0.05, 0.1) is 30.3 Å². The molecule has 3 aromatic rings. The van der Waals surface area contributed by atoms with Gasteiger partial charge in [0, 0.05) is 13.1 Å². The fourth-order valence-electron chi connectivity index (χ4n) is 4.04. The zero-order valence-electron chi connectivity index (χ0n) is 22.2. The van der Waals surface area contributed by atoms with Crippen LogP contribution in [-0.2, 0) is 32.4 Å². The fourth-order valence-corrected chi connectivity index (χ4v) is 5.52. The van der Waals surface area contributed by atoms with Gasteiger partial charge >= 0.3 is 7.12 Å². The van der Waals surface area contributed by atoms with Gasteiger partial charge in [0.25, 0.3) is 0 Å². The summed E-state index contributed by atoms with van der Waals surface area (Å²) in [4.78, 5) is 0.182. The van der Waals surface area contributed by atoms with Crippen molar-refractivity contribution in [2.45, 2.75) is 56.9 Å². The maximum atomic E-state index is 14.0. The largest absolute Gasteiger partial charge is 0.497 e. The lowest BCUT2D eigenvalue weighted by Crippen LogP contribution is -2.41. The van der Waals surface area contributed by atoms with E-state index in [9.17, 15) is 8.42 Å². The van der Waals surface area contributed by atoms with Crippen molar-refractivity contribution in [1.82, 2.24) is 4.31 Å². The Balaban J connectivity index is 1.67. The molecule has 0 unspecified atom stereocenters. The van der Waals surface area contributed by atoms with Crippen LogP contribution >= 0.6 is 0 Å². The van der Waals surface area contributed by atoms with Gasteiger partial charge in [-0.3, -0.25) is 0 Å². The number of benzene rings is 3. The Bertz CT molecular complexity index is 1260. The highest BCUT2D eigenvalue weighted by Crippen LogP contribution is 2.36. The first-order valence-corrected chi connectivity index (χ1v) is 13.6. The third-order valence-corrected chi connectivity index (χ3v) is 8.84. The average molecular weight is 523 g/mol. The first kappa shape index (κ1) is 27.2. The molecule has 4 rings (SSSR count). The highest BCUT2D eigenvalue weighted by Gasteiger charge is 2.51. The van der Waals surface area contributed by atoms with Crippen molar-refractivity contribution >= 4 is 22.6 Å². The van der Waals surface area contributed by atoms with E-state index in [0.717, 1.165) is 11.1 Å². The SMILES string of the molecule is COc1ccc(CN(Cc2ccc(OC)cc2)S(=O)(=O)c2cccc(B3OC(C)(C)C(C)(C)O3)c2)cc1. The summed E-state index contributed by atoms with van der Waals surface area (Å²) in [5, 5.41) is 0. The van der Waals surface area contributed by atoms with Gasteiger partial charge in [-0.25, -0.2) is 8.42 Å². The number of rotatable bonds is 9. The fraction of sp³-hybridized carbons (Fsp3) is 0.357. The van der Waals surface area contributed by atoms with Crippen LogP contribution in [0.2, 0.25) is 0 Å². The summed E-state index contributed by atoms with van der Waals surface area (Å²) in [5.41, 5.74) is 1.30. The normalized spacial score (nSPS) is 16.7. The third kappa shape index (κ3) is 5.85. The molecule has 0 atom stereocenters. The van der Waals surface area contributed by atoms with Gasteiger partial charge < -0.3 is 18.8 Å². The van der Waals surface area contributed by atoms with Crippen molar-refractivity contribution in [1.29, 1.82) is 0 Å². The van der Waals surface area contributed by atoms with Crippen molar-refractivity contribution in [2.24, 2.45) is 0 Å². The van der Waals surface area contributed by atoms with Gasteiger partial charge in [-0.1, -0.05) is 36.4 Å². The van der Waals surface area contributed by atoms with Crippen LogP contribution in [0.5, 0.6) is 11.5 Å². The van der Waals surface area contributed by atoms with E-state index in [4.69, 9.17) is 18.8 Å². The molecule has 3 aromatic carbocycles. The molecule has 0 aromatic heterocycles. The molecule has 0 N–H and O–H groups in total. The minimum Gasteiger partial charge on any atom is -0.497 e. The van der Waals surface area contributed by atoms with E-state index in [2.05, 4.69) is 0 Å². The predicted octanol–water partition coefficient (Wildman–Crippen LogP) is 4.39. The van der Waals surface area contributed by atoms with Gasteiger partial charge in [-0.2, -0.15) is 4.31 Å². The molecule has 0 spiro atoms. The lowest BCUT2D eigenvalue weighted by Gasteiger charge is -2.32. The minimum atomic E-state index is -3.88. The molecule has 1 aliphatic rings. The number of nitrogens with zero attached hydrogens (tertiary/aromatic N) is 1. The molecule has 37 heavy (non-hydrogen) atoms. The summed E-state index contributed by atoms with van der Waals surface area (Å²) in [7, 11) is -1.34. The smallest absolute Gasteiger partial charge is 0.494 e. The molecular formula is C28H34BNO6S. The zero-order chi connectivity index (χ0) is 26.8. The van der Waals surface area contributed by atoms with Crippen LogP contribution in [0.25, 0.3) is 0 Å². The number of methoxy groups -OCH3 is 2. The van der Waals surface area contributed by atoms with E-state index in [1.165, 1.54) is 4.31 Å². The Hall–Kier alpha value is -2.85. The van der Waals surface area contributed by atoms with Crippen LogP contribution in [0.3, 0.4) is 0 Å². The van der Waals surface area contributed by atoms with Crippen LogP contribution in [-0.4, -0.2) is 45.3 Å². The first-order valence-electron chi connectivity index (χ1n) is 12.2. The molecule has 1 fully saturated rings. The Kier molecular flexibility index (Phi) is 7.71.